The van der Waals surface area contributed by atoms with Crippen LogP contribution >= 0.6 is 0 Å². The van der Waals surface area contributed by atoms with E-state index in [-0.39, 0.29) is 10.8 Å². The number of rotatable bonds is 3. The minimum absolute atomic E-state index is 0.230. The predicted molar refractivity (Wildman–Crippen MR) is 99.5 cm³/mol. The molecule has 25 heavy (non-hydrogen) atoms. The molecule has 5 nitrogen and oxygen atoms in total. The van der Waals surface area contributed by atoms with Crippen molar-refractivity contribution >= 4 is 27.3 Å². The third-order valence-electron chi connectivity index (χ3n) is 4.45. The van der Waals surface area contributed by atoms with Crippen LogP contribution in [0.5, 0.6) is 0 Å². The minimum Gasteiger partial charge on any atom is -0.326 e. The number of hydrogen-bond acceptors (Lipinski definition) is 3. The van der Waals surface area contributed by atoms with Crippen molar-refractivity contribution in [2.45, 2.75) is 38.5 Å². The lowest BCUT2D eigenvalue weighted by molar-refractivity contribution is -0.114. The first-order valence-corrected chi connectivity index (χ1v) is 9.74. The Bertz CT molecular complexity index is 936. The largest absolute Gasteiger partial charge is 0.326 e. The highest BCUT2D eigenvalue weighted by Gasteiger charge is 2.31. The lowest BCUT2D eigenvalue weighted by Gasteiger charge is -2.32. The number of para-hydroxylation sites is 1. The number of nitrogens with one attached hydrogen (secondary N) is 1. The second-order valence-electron chi connectivity index (χ2n) is 6.42. The van der Waals surface area contributed by atoms with Gasteiger partial charge in [0.05, 0.1) is 10.6 Å². The molecule has 0 fully saturated rings. The maximum absolute atomic E-state index is 13.4. The molecule has 1 amide bonds. The summed E-state index contributed by atoms with van der Waals surface area (Å²) in [6.45, 7) is 5.57. The lowest BCUT2D eigenvalue weighted by atomic mass is 10.0. The van der Waals surface area contributed by atoms with Gasteiger partial charge in [-0.3, -0.25) is 9.10 Å². The van der Waals surface area contributed by atoms with Gasteiger partial charge in [-0.2, -0.15) is 0 Å². The van der Waals surface area contributed by atoms with Crippen LogP contribution in [0.3, 0.4) is 0 Å². The van der Waals surface area contributed by atoms with E-state index in [1.54, 1.807) is 25.1 Å². The Labute approximate surface area is 148 Å². The number of anilines is 2. The standard InChI is InChI=1S/C19H22N2O3S/c1-13-9-10-17(20-15(3)22)12-18(13)25(23,24)21-11-5-8-16-7-4-6-14(2)19(16)21/h4,6-7,9-10,12H,5,8,11H2,1-3H3,(H,20,22). The molecule has 0 spiro atoms. The van der Waals surface area contributed by atoms with E-state index in [0.717, 1.165) is 29.7 Å². The van der Waals surface area contributed by atoms with E-state index in [2.05, 4.69) is 5.32 Å². The van der Waals surface area contributed by atoms with E-state index in [9.17, 15) is 13.2 Å². The molecule has 2 aromatic carbocycles. The van der Waals surface area contributed by atoms with Crippen LogP contribution in [0, 0.1) is 13.8 Å². The monoisotopic (exact) mass is 358 g/mol. The summed E-state index contributed by atoms with van der Waals surface area (Å²) in [5, 5.41) is 2.66. The van der Waals surface area contributed by atoms with Crippen LogP contribution in [0.4, 0.5) is 11.4 Å². The minimum atomic E-state index is -3.70. The molecule has 2 aromatic rings. The Morgan fingerprint density at radius 3 is 2.60 bits per heavy atom. The zero-order valence-corrected chi connectivity index (χ0v) is 15.5. The molecule has 1 N–H and O–H groups in total. The van der Waals surface area contributed by atoms with Gasteiger partial charge in [-0.25, -0.2) is 8.42 Å². The summed E-state index contributed by atoms with van der Waals surface area (Å²) in [6.07, 6.45) is 1.67. The van der Waals surface area contributed by atoms with Gasteiger partial charge in [0.15, 0.2) is 0 Å². The Balaban J connectivity index is 2.11. The van der Waals surface area contributed by atoms with Gasteiger partial charge < -0.3 is 5.32 Å². The topological polar surface area (TPSA) is 66.5 Å². The summed E-state index contributed by atoms with van der Waals surface area (Å²) in [4.78, 5) is 11.5. The van der Waals surface area contributed by atoms with Gasteiger partial charge in [-0.15, -0.1) is 0 Å². The lowest BCUT2D eigenvalue weighted by Crippen LogP contribution is -2.36. The van der Waals surface area contributed by atoms with E-state index in [0.29, 0.717) is 17.8 Å². The van der Waals surface area contributed by atoms with Gasteiger partial charge in [-0.1, -0.05) is 24.3 Å². The van der Waals surface area contributed by atoms with E-state index in [1.807, 2.05) is 25.1 Å². The van der Waals surface area contributed by atoms with Gasteiger partial charge in [0.1, 0.15) is 0 Å². The maximum Gasteiger partial charge on any atom is 0.264 e. The number of carbonyl (C=O) groups excluding carboxylic acids is 1. The predicted octanol–water partition coefficient (Wildman–Crippen LogP) is 3.40. The Kier molecular flexibility index (Phi) is 4.56. The van der Waals surface area contributed by atoms with Crippen molar-refractivity contribution in [1.82, 2.24) is 0 Å². The molecule has 0 aromatic heterocycles. The first-order valence-electron chi connectivity index (χ1n) is 8.30. The second kappa shape index (κ2) is 6.52. The van der Waals surface area contributed by atoms with Crippen LogP contribution in [-0.2, 0) is 21.2 Å². The van der Waals surface area contributed by atoms with E-state index >= 15 is 0 Å². The van der Waals surface area contributed by atoms with Crippen LogP contribution in [0.1, 0.15) is 30.0 Å². The first-order chi connectivity index (χ1) is 11.8. The van der Waals surface area contributed by atoms with Crippen molar-refractivity contribution in [3.63, 3.8) is 0 Å². The van der Waals surface area contributed by atoms with Gasteiger partial charge in [0, 0.05) is 19.2 Å². The van der Waals surface area contributed by atoms with E-state index < -0.39 is 10.0 Å². The molecule has 6 heteroatoms. The summed E-state index contributed by atoms with van der Waals surface area (Å²) in [7, 11) is -3.70. The van der Waals surface area contributed by atoms with Crippen molar-refractivity contribution in [1.29, 1.82) is 0 Å². The summed E-state index contributed by atoms with van der Waals surface area (Å²) >= 11 is 0. The fourth-order valence-corrected chi connectivity index (χ4v) is 5.18. The van der Waals surface area contributed by atoms with Crippen LogP contribution in [-0.4, -0.2) is 20.9 Å². The molecule has 3 rings (SSSR count). The molecule has 0 bridgehead atoms. The van der Waals surface area contributed by atoms with Crippen molar-refractivity contribution in [3.8, 4) is 0 Å². The van der Waals surface area contributed by atoms with Crippen molar-refractivity contribution in [2.75, 3.05) is 16.2 Å². The molecule has 1 heterocycles. The van der Waals surface area contributed by atoms with Gasteiger partial charge >= 0.3 is 0 Å². The molecular weight excluding hydrogens is 336 g/mol. The molecule has 0 atom stereocenters. The number of amides is 1. The number of carbonyl (C=O) groups is 1. The molecule has 0 radical (unpaired) electrons. The number of fused-ring (bicyclic) bond motifs is 1. The van der Waals surface area contributed by atoms with E-state index in [4.69, 9.17) is 0 Å². The summed E-state index contributed by atoms with van der Waals surface area (Å²) < 4.78 is 28.3. The molecule has 1 aliphatic heterocycles. The van der Waals surface area contributed by atoms with Crippen LogP contribution in [0.25, 0.3) is 0 Å². The molecule has 0 saturated carbocycles. The SMILES string of the molecule is CC(=O)Nc1ccc(C)c(S(=O)(=O)N2CCCc3cccc(C)c32)c1. The average Bonchev–Trinajstić information content (AvgIpc) is 2.56. The number of aryl methyl sites for hydroxylation is 3. The summed E-state index contributed by atoms with van der Waals surface area (Å²) in [5.41, 5.74) is 3.95. The fourth-order valence-electron chi connectivity index (χ4n) is 3.32. The van der Waals surface area contributed by atoms with Crippen molar-refractivity contribution in [3.05, 3.63) is 53.1 Å². The second-order valence-corrected chi connectivity index (χ2v) is 8.26. The van der Waals surface area contributed by atoms with Crippen molar-refractivity contribution < 1.29 is 13.2 Å². The molecule has 1 aliphatic rings. The smallest absolute Gasteiger partial charge is 0.264 e. The quantitative estimate of drug-likeness (QED) is 0.914. The molecular formula is C19H22N2O3S. The highest BCUT2D eigenvalue weighted by atomic mass is 32.2. The number of sulfonamides is 1. The Morgan fingerprint density at radius 1 is 1.12 bits per heavy atom. The Hall–Kier alpha value is -2.34. The van der Waals surface area contributed by atoms with Crippen LogP contribution in [0.15, 0.2) is 41.3 Å². The first kappa shape index (κ1) is 17.5. The fraction of sp³-hybridized carbons (Fsp3) is 0.316. The molecule has 0 aliphatic carbocycles. The van der Waals surface area contributed by atoms with Crippen LogP contribution < -0.4 is 9.62 Å². The molecule has 0 saturated heterocycles. The zero-order chi connectivity index (χ0) is 18.2. The highest BCUT2D eigenvalue weighted by Crippen LogP contribution is 2.35. The van der Waals surface area contributed by atoms with Crippen molar-refractivity contribution in [2.24, 2.45) is 0 Å². The Morgan fingerprint density at radius 2 is 1.88 bits per heavy atom. The number of nitrogens with zero attached hydrogens (tertiary/aromatic N) is 1. The third-order valence-corrected chi connectivity index (χ3v) is 6.40. The molecule has 0 unspecified atom stereocenters. The highest BCUT2D eigenvalue weighted by molar-refractivity contribution is 7.92. The zero-order valence-electron chi connectivity index (χ0n) is 14.7. The summed E-state index contributed by atoms with van der Waals surface area (Å²) in [5.74, 6) is -0.230. The van der Waals surface area contributed by atoms with Gasteiger partial charge in [0.25, 0.3) is 10.0 Å². The van der Waals surface area contributed by atoms with Gasteiger partial charge in [-0.05, 0) is 55.5 Å². The number of hydrogen-bond donors (Lipinski definition) is 1. The van der Waals surface area contributed by atoms with Gasteiger partial charge in [0.2, 0.25) is 5.91 Å². The average molecular weight is 358 g/mol. The number of benzene rings is 2. The maximum atomic E-state index is 13.4. The van der Waals surface area contributed by atoms with Crippen LogP contribution in [0.2, 0.25) is 0 Å². The summed E-state index contributed by atoms with van der Waals surface area (Å²) in [6, 6.07) is 10.9. The normalized spacial score (nSPS) is 14.1. The van der Waals surface area contributed by atoms with E-state index in [1.165, 1.54) is 11.2 Å². The molecule has 132 valence electrons. The third kappa shape index (κ3) is 3.26.